The summed E-state index contributed by atoms with van der Waals surface area (Å²) in [4.78, 5) is 16.9. The van der Waals surface area contributed by atoms with Crippen molar-refractivity contribution in [2.24, 2.45) is 11.8 Å². The van der Waals surface area contributed by atoms with E-state index in [2.05, 4.69) is 18.0 Å². The fraction of sp³-hybridized carbons (Fsp3) is 0.517. The van der Waals surface area contributed by atoms with Crippen molar-refractivity contribution in [3.63, 3.8) is 0 Å². The number of carbonyl (C=O) groups is 1. The van der Waals surface area contributed by atoms with E-state index in [1.165, 1.54) is 12.1 Å². The van der Waals surface area contributed by atoms with Crippen molar-refractivity contribution in [1.29, 1.82) is 0 Å². The van der Waals surface area contributed by atoms with E-state index < -0.39 is 11.6 Å². The lowest BCUT2D eigenvalue weighted by Crippen LogP contribution is -2.36. The third kappa shape index (κ3) is 6.16. The van der Waals surface area contributed by atoms with E-state index in [4.69, 9.17) is 0 Å². The average Bonchev–Trinajstić information content (AvgIpc) is 2.80. The van der Waals surface area contributed by atoms with Gasteiger partial charge in [0.15, 0.2) is 0 Å². The number of benzene rings is 1. The SMILES string of the molecule is Cc1cnc2c(c1/C(=C\C(C)Cc1ccc(F)cc1)CCC1CCCC(C)(F)C1)CCN(O)C2=O. The van der Waals surface area contributed by atoms with Crippen molar-refractivity contribution in [3.05, 3.63) is 70.3 Å². The summed E-state index contributed by atoms with van der Waals surface area (Å²) in [6.07, 6.45) is 10.2. The molecule has 0 saturated heterocycles. The number of rotatable bonds is 7. The number of aromatic nitrogens is 1. The van der Waals surface area contributed by atoms with Gasteiger partial charge in [0.25, 0.3) is 5.91 Å². The van der Waals surface area contributed by atoms with Crippen LogP contribution in [0.2, 0.25) is 0 Å². The van der Waals surface area contributed by atoms with Gasteiger partial charge in [-0.15, -0.1) is 0 Å². The Morgan fingerprint density at radius 2 is 2.09 bits per heavy atom. The van der Waals surface area contributed by atoms with Crippen LogP contribution in [-0.4, -0.2) is 33.4 Å². The Kier molecular flexibility index (Phi) is 7.70. The van der Waals surface area contributed by atoms with Gasteiger partial charge in [0.2, 0.25) is 0 Å². The Morgan fingerprint density at radius 1 is 1.34 bits per heavy atom. The number of carbonyl (C=O) groups excluding carboxylic acids is 1. The summed E-state index contributed by atoms with van der Waals surface area (Å²) in [6, 6.07) is 6.60. The van der Waals surface area contributed by atoms with E-state index in [0.717, 1.165) is 65.0 Å². The van der Waals surface area contributed by atoms with Crippen LogP contribution in [0.4, 0.5) is 8.78 Å². The molecule has 2 heterocycles. The Bertz CT molecular complexity index is 1090. The van der Waals surface area contributed by atoms with Gasteiger partial charge in [0.05, 0.1) is 6.54 Å². The minimum absolute atomic E-state index is 0.185. The highest BCUT2D eigenvalue weighted by Crippen LogP contribution is 2.40. The number of alkyl halides is 1. The molecule has 0 bridgehead atoms. The van der Waals surface area contributed by atoms with Gasteiger partial charge >= 0.3 is 0 Å². The predicted octanol–water partition coefficient (Wildman–Crippen LogP) is 6.88. The molecule has 4 nitrogen and oxygen atoms in total. The quantitative estimate of drug-likeness (QED) is 0.438. The summed E-state index contributed by atoms with van der Waals surface area (Å²) in [6.45, 7) is 6.11. The molecule has 3 atom stereocenters. The fourth-order valence-electron chi connectivity index (χ4n) is 5.83. The number of nitrogens with zero attached hydrogens (tertiary/aromatic N) is 2. The highest BCUT2D eigenvalue weighted by molar-refractivity contribution is 5.95. The number of amides is 1. The molecule has 1 aliphatic carbocycles. The molecule has 2 aromatic rings. The second-order valence-corrected chi connectivity index (χ2v) is 10.7. The van der Waals surface area contributed by atoms with E-state index in [1.54, 1.807) is 13.1 Å². The first kappa shape index (κ1) is 25.5. The van der Waals surface area contributed by atoms with Crippen LogP contribution in [-0.2, 0) is 12.8 Å². The number of halogens is 2. The van der Waals surface area contributed by atoms with Crippen LogP contribution in [0.5, 0.6) is 0 Å². The summed E-state index contributed by atoms with van der Waals surface area (Å²) < 4.78 is 28.1. The first-order valence-electron chi connectivity index (χ1n) is 12.8. The third-order valence-corrected chi connectivity index (χ3v) is 7.50. The van der Waals surface area contributed by atoms with Gasteiger partial charge in [-0.1, -0.05) is 38.0 Å². The lowest BCUT2D eigenvalue weighted by molar-refractivity contribution is -0.0607. The molecule has 1 N–H and O–H groups in total. The maximum Gasteiger partial charge on any atom is 0.296 e. The normalized spacial score (nSPS) is 23.8. The van der Waals surface area contributed by atoms with Crippen molar-refractivity contribution in [3.8, 4) is 0 Å². The van der Waals surface area contributed by atoms with Crippen LogP contribution < -0.4 is 0 Å². The lowest BCUT2D eigenvalue weighted by Gasteiger charge is -2.32. The molecular weight excluding hydrogens is 446 g/mol. The summed E-state index contributed by atoms with van der Waals surface area (Å²) in [7, 11) is 0. The molecule has 1 aromatic heterocycles. The Hall–Kier alpha value is -2.60. The van der Waals surface area contributed by atoms with E-state index in [-0.39, 0.29) is 18.3 Å². The zero-order valence-corrected chi connectivity index (χ0v) is 21.0. The number of fused-ring (bicyclic) bond motifs is 1. The number of hydrogen-bond acceptors (Lipinski definition) is 3. The Morgan fingerprint density at radius 3 is 2.80 bits per heavy atom. The average molecular weight is 483 g/mol. The zero-order valence-electron chi connectivity index (χ0n) is 21.0. The molecule has 188 valence electrons. The topological polar surface area (TPSA) is 53.4 Å². The number of hydrogen-bond donors (Lipinski definition) is 1. The van der Waals surface area contributed by atoms with Crippen LogP contribution in [0.15, 0.2) is 36.5 Å². The molecule has 0 radical (unpaired) electrons. The molecular formula is C29H36F2N2O2. The number of pyridine rings is 1. The van der Waals surface area contributed by atoms with Crippen molar-refractivity contribution < 1.29 is 18.8 Å². The molecule has 1 aliphatic heterocycles. The van der Waals surface area contributed by atoms with Gasteiger partial charge in [-0.2, -0.15) is 0 Å². The summed E-state index contributed by atoms with van der Waals surface area (Å²) in [5.74, 6) is -0.189. The van der Waals surface area contributed by atoms with E-state index in [9.17, 15) is 18.8 Å². The van der Waals surface area contributed by atoms with Crippen molar-refractivity contribution in [2.45, 2.75) is 77.8 Å². The maximum absolute atomic E-state index is 14.7. The minimum Gasteiger partial charge on any atom is -0.286 e. The molecule has 1 saturated carbocycles. The van der Waals surface area contributed by atoms with Gasteiger partial charge in [0.1, 0.15) is 17.2 Å². The standard InChI is InChI=1S/C29H36F2N2O2/c1-19(15-21-7-10-24(30)11-8-21)16-23(9-6-22-5-4-13-29(3,31)17-22)26-20(2)18-32-27-25(26)12-14-33(35)28(27)34/h7-8,10-11,16,18-19,22,35H,4-6,9,12-15,17H2,1-3H3/b23-16-. The van der Waals surface area contributed by atoms with E-state index in [1.807, 2.05) is 19.1 Å². The van der Waals surface area contributed by atoms with Crippen molar-refractivity contribution >= 4 is 11.5 Å². The first-order valence-corrected chi connectivity index (χ1v) is 12.8. The minimum atomic E-state index is -1.09. The molecule has 3 unspecified atom stereocenters. The fourth-order valence-corrected chi connectivity index (χ4v) is 5.83. The van der Waals surface area contributed by atoms with Crippen LogP contribution in [0.3, 0.4) is 0 Å². The van der Waals surface area contributed by atoms with Gasteiger partial charge in [0, 0.05) is 6.20 Å². The van der Waals surface area contributed by atoms with E-state index in [0.29, 0.717) is 30.9 Å². The van der Waals surface area contributed by atoms with Crippen LogP contribution in [0, 0.1) is 24.6 Å². The summed E-state index contributed by atoms with van der Waals surface area (Å²) in [5.41, 5.74) is 4.37. The van der Waals surface area contributed by atoms with Gasteiger partial charge in [-0.05, 0) is 104 Å². The van der Waals surface area contributed by atoms with E-state index >= 15 is 0 Å². The van der Waals surface area contributed by atoms with Crippen LogP contribution >= 0.6 is 0 Å². The number of aryl methyl sites for hydroxylation is 1. The summed E-state index contributed by atoms with van der Waals surface area (Å²) >= 11 is 0. The molecule has 1 fully saturated rings. The molecule has 0 spiro atoms. The second kappa shape index (κ2) is 10.6. The molecule has 35 heavy (non-hydrogen) atoms. The first-order chi connectivity index (χ1) is 16.6. The van der Waals surface area contributed by atoms with Crippen molar-refractivity contribution in [2.75, 3.05) is 6.54 Å². The molecule has 1 aromatic carbocycles. The predicted molar refractivity (Wildman–Crippen MR) is 133 cm³/mol. The largest absolute Gasteiger partial charge is 0.296 e. The Labute approximate surface area is 207 Å². The maximum atomic E-state index is 14.7. The van der Waals surface area contributed by atoms with Gasteiger partial charge in [-0.3, -0.25) is 15.0 Å². The zero-order chi connectivity index (χ0) is 25.2. The highest BCUT2D eigenvalue weighted by atomic mass is 19.1. The van der Waals surface area contributed by atoms with Gasteiger partial charge < -0.3 is 0 Å². The number of hydroxylamine groups is 2. The highest BCUT2D eigenvalue weighted by Gasteiger charge is 2.32. The molecule has 6 heteroatoms. The lowest BCUT2D eigenvalue weighted by atomic mass is 9.77. The van der Waals surface area contributed by atoms with Crippen LogP contribution in [0.25, 0.3) is 5.57 Å². The van der Waals surface area contributed by atoms with Crippen LogP contribution in [0.1, 0.15) is 85.1 Å². The molecule has 2 aliphatic rings. The molecule has 4 rings (SSSR count). The third-order valence-electron chi connectivity index (χ3n) is 7.50. The smallest absolute Gasteiger partial charge is 0.286 e. The molecule has 1 amide bonds. The Balaban J connectivity index is 1.65. The monoisotopic (exact) mass is 482 g/mol. The van der Waals surface area contributed by atoms with Gasteiger partial charge in [-0.25, -0.2) is 13.8 Å². The van der Waals surface area contributed by atoms with Crippen molar-refractivity contribution in [1.82, 2.24) is 10.0 Å². The summed E-state index contributed by atoms with van der Waals surface area (Å²) in [5, 5.41) is 10.7. The number of allylic oxidation sites excluding steroid dienone is 2. The second-order valence-electron chi connectivity index (χ2n) is 10.7.